The van der Waals surface area contributed by atoms with Gasteiger partial charge in [-0.3, -0.25) is 9.59 Å². The number of carbonyl (C=O) groups excluding carboxylic acids is 2. The van der Waals surface area contributed by atoms with Gasteiger partial charge in [0, 0.05) is 11.4 Å². The second-order valence-corrected chi connectivity index (χ2v) is 6.45. The molecule has 0 aromatic heterocycles. The molecule has 1 atom stereocenters. The molecule has 23 heavy (non-hydrogen) atoms. The Hall–Kier alpha value is -2.13. The summed E-state index contributed by atoms with van der Waals surface area (Å²) in [4.78, 5) is 26.4. The molecule has 4 heteroatoms. The highest BCUT2D eigenvalue weighted by atomic mass is 35.5. The van der Waals surface area contributed by atoms with Crippen LogP contribution in [0.4, 0.5) is 5.69 Å². The van der Waals surface area contributed by atoms with Gasteiger partial charge in [-0.05, 0) is 43.5 Å². The molecule has 0 aliphatic carbocycles. The average molecular weight is 328 g/mol. The number of amides is 2. The molecule has 0 spiro atoms. The molecule has 0 saturated carbocycles. The highest BCUT2D eigenvalue weighted by Gasteiger charge is 2.40. The van der Waals surface area contributed by atoms with E-state index in [9.17, 15) is 9.59 Å². The standard InChI is InChI=1S/C19H18ClNO2/c1-12-5-3-6-14(9-12)10-15-11-18(22)21(19(15)23)17-8-4-7-16(20)13(17)2/h3-9,15H,10-11H2,1-2H3/t15-/m1/s1. The number of aryl methyl sites for hydroxylation is 1. The first-order valence-electron chi connectivity index (χ1n) is 7.65. The molecular formula is C19H18ClNO2. The number of carbonyl (C=O) groups is 2. The van der Waals surface area contributed by atoms with Gasteiger partial charge >= 0.3 is 0 Å². The van der Waals surface area contributed by atoms with Crippen LogP contribution in [0.3, 0.4) is 0 Å². The number of anilines is 1. The minimum atomic E-state index is -0.303. The highest BCUT2D eigenvalue weighted by Crippen LogP contribution is 2.33. The molecule has 2 amide bonds. The number of nitrogens with zero attached hydrogens (tertiary/aromatic N) is 1. The summed E-state index contributed by atoms with van der Waals surface area (Å²) in [6.07, 6.45) is 0.834. The van der Waals surface area contributed by atoms with E-state index in [4.69, 9.17) is 11.6 Å². The number of halogens is 1. The molecule has 0 radical (unpaired) electrons. The SMILES string of the molecule is Cc1cccc(C[C@@H]2CC(=O)N(c3cccc(Cl)c3C)C2=O)c1. The van der Waals surface area contributed by atoms with E-state index in [0.717, 1.165) is 16.7 Å². The maximum absolute atomic E-state index is 12.7. The van der Waals surface area contributed by atoms with Crippen LogP contribution in [0.2, 0.25) is 5.02 Å². The number of rotatable bonds is 3. The minimum Gasteiger partial charge on any atom is -0.274 e. The van der Waals surface area contributed by atoms with Gasteiger partial charge in [0.1, 0.15) is 0 Å². The molecular weight excluding hydrogens is 310 g/mol. The Bertz CT molecular complexity index is 785. The third kappa shape index (κ3) is 3.02. The third-order valence-electron chi connectivity index (χ3n) is 4.28. The van der Waals surface area contributed by atoms with Gasteiger partial charge < -0.3 is 0 Å². The fraction of sp³-hybridized carbons (Fsp3) is 0.263. The van der Waals surface area contributed by atoms with E-state index in [2.05, 4.69) is 6.07 Å². The summed E-state index contributed by atoms with van der Waals surface area (Å²) in [6.45, 7) is 3.85. The number of imide groups is 1. The van der Waals surface area contributed by atoms with Crippen molar-refractivity contribution in [3.8, 4) is 0 Å². The summed E-state index contributed by atoms with van der Waals surface area (Å²) in [6, 6.07) is 13.3. The smallest absolute Gasteiger partial charge is 0.237 e. The molecule has 3 nitrogen and oxygen atoms in total. The van der Waals surface area contributed by atoms with E-state index in [-0.39, 0.29) is 24.2 Å². The Morgan fingerprint density at radius 1 is 1.13 bits per heavy atom. The fourth-order valence-corrected chi connectivity index (χ4v) is 3.24. The monoisotopic (exact) mass is 327 g/mol. The topological polar surface area (TPSA) is 37.4 Å². The zero-order valence-electron chi connectivity index (χ0n) is 13.2. The molecule has 2 aromatic carbocycles. The van der Waals surface area contributed by atoms with Crippen LogP contribution in [0.15, 0.2) is 42.5 Å². The lowest BCUT2D eigenvalue weighted by molar-refractivity contribution is -0.122. The highest BCUT2D eigenvalue weighted by molar-refractivity contribution is 6.32. The zero-order chi connectivity index (χ0) is 16.6. The van der Waals surface area contributed by atoms with E-state index in [0.29, 0.717) is 17.1 Å². The van der Waals surface area contributed by atoms with E-state index in [1.807, 2.05) is 32.0 Å². The fourth-order valence-electron chi connectivity index (χ4n) is 3.07. The molecule has 1 fully saturated rings. The lowest BCUT2D eigenvalue weighted by Crippen LogP contribution is -2.31. The number of hydrogen-bond acceptors (Lipinski definition) is 2. The first-order chi connectivity index (χ1) is 11.0. The van der Waals surface area contributed by atoms with Crippen molar-refractivity contribution in [2.75, 3.05) is 4.90 Å². The largest absolute Gasteiger partial charge is 0.274 e. The normalized spacial score (nSPS) is 17.9. The summed E-state index contributed by atoms with van der Waals surface area (Å²) in [5.41, 5.74) is 3.59. The van der Waals surface area contributed by atoms with Crippen LogP contribution in [0.25, 0.3) is 0 Å². The van der Waals surface area contributed by atoms with Crippen molar-refractivity contribution >= 4 is 29.1 Å². The number of benzene rings is 2. The molecule has 2 aromatic rings. The van der Waals surface area contributed by atoms with E-state index in [1.165, 1.54) is 4.90 Å². The van der Waals surface area contributed by atoms with Crippen molar-refractivity contribution < 1.29 is 9.59 Å². The molecule has 0 unspecified atom stereocenters. The molecule has 118 valence electrons. The van der Waals surface area contributed by atoms with Crippen LogP contribution in [0.5, 0.6) is 0 Å². The third-order valence-corrected chi connectivity index (χ3v) is 4.69. The molecule has 1 heterocycles. The van der Waals surface area contributed by atoms with Crippen LogP contribution < -0.4 is 4.90 Å². The summed E-state index contributed by atoms with van der Waals surface area (Å²) in [7, 11) is 0. The number of hydrogen-bond donors (Lipinski definition) is 0. The van der Waals surface area contributed by atoms with Gasteiger partial charge in [0.05, 0.1) is 11.6 Å². The van der Waals surface area contributed by atoms with Crippen LogP contribution in [0, 0.1) is 19.8 Å². The average Bonchev–Trinajstić information content (AvgIpc) is 2.77. The quantitative estimate of drug-likeness (QED) is 0.797. The Balaban J connectivity index is 1.87. The van der Waals surface area contributed by atoms with E-state index >= 15 is 0 Å². The van der Waals surface area contributed by atoms with Crippen molar-refractivity contribution in [3.05, 3.63) is 64.2 Å². The van der Waals surface area contributed by atoms with Gasteiger partial charge in [-0.2, -0.15) is 0 Å². The summed E-state index contributed by atoms with van der Waals surface area (Å²) in [5, 5.41) is 0.560. The van der Waals surface area contributed by atoms with Crippen molar-refractivity contribution in [1.82, 2.24) is 0 Å². The zero-order valence-corrected chi connectivity index (χ0v) is 13.9. The first-order valence-corrected chi connectivity index (χ1v) is 8.02. The van der Waals surface area contributed by atoms with Crippen LogP contribution in [-0.2, 0) is 16.0 Å². The maximum Gasteiger partial charge on any atom is 0.237 e. The van der Waals surface area contributed by atoms with Crippen LogP contribution in [0.1, 0.15) is 23.1 Å². The Kier molecular flexibility index (Phi) is 4.22. The van der Waals surface area contributed by atoms with Crippen molar-refractivity contribution in [3.63, 3.8) is 0 Å². The first kappa shape index (κ1) is 15.8. The minimum absolute atomic E-state index is 0.137. The summed E-state index contributed by atoms with van der Waals surface area (Å²) in [5.74, 6) is -0.595. The molecule has 0 N–H and O–H groups in total. The maximum atomic E-state index is 12.7. The molecule has 0 bridgehead atoms. The Morgan fingerprint density at radius 3 is 2.61 bits per heavy atom. The summed E-state index contributed by atoms with van der Waals surface area (Å²) >= 11 is 6.12. The van der Waals surface area contributed by atoms with Gasteiger partial charge in [-0.25, -0.2) is 4.90 Å². The lowest BCUT2D eigenvalue weighted by Gasteiger charge is -2.18. The molecule has 3 rings (SSSR count). The van der Waals surface area contributed by atoms with Gasteiger partial charge in [-0.15, -0.1) is 0 Å². The Labute approximate surface area is 140 Å². The predicted molar refractivity (Wildman–Crippen MR) is 91.7 cm³/mol. The van der Waals surface area contributed by atoms with Crippen LogP contribution in [-0.4, -0.2) is 11.8 Å². The molecule has 1 aliphatic heterocycles. The molecule has 1 aliphatic rings. The molecule has 1 saturated heterocycles. The van der Waals surface area contributed by atoms with Gasteiger partial charge in [0.2, 0.25) is 11.8 Å². The van der Waals surface area contributed by atoms with E-state index < -0.39 is 0 Å². The van der Waals surface area contributed by atoms with E-state index in [1.54, 1.807) is 18.2 Å². The lowest BCUT2D eigenvalue weighted by atomic mass is 9.97. The van der Waals surface area contributed by atoms with Gasteiger partial charge in [0.25, 0.3) is 0 Å². The van der Waals surface area contributed by atoms with Gasteiger partial charge in [-0.1, -0.05) is 47.5 Å². The predicted octanol–water partition coefficient (Wildman–Crippen LogP) is 4.08. The van der Waals surface area contributed by atoms with Crippen molar-refractivity contribution in [2.24, 2.45) is 5.92 Å². The van der Waals surface area contributed by atoms with Gasteiger partial charge in [0.15, 0.2) is 0 Å². The van der Waals surface area contributed by atoms with Crippen molar-refractivity contribution in [2.45, 2.75) is 26.7 Å². The van der Waals surface area contributed by atoms with Crippen LogP contribution >= 0.6 is 11.6 Å². The summed E-state index contributed by atoms with van der Waals surface area (Å²) < 4.78 is 0. The Morgan fingerprint density at radius 2 is 1.87 bits per heavy atom. The second-order valence-electron chi connectivity index (χ2n) is 6.05. The second kappa shape index (κ2) is 6.17. The van der Waals surface area contributed by atoms with Crippen molar-refractivity contribution in [1.29, 1.82) is 0 Å².